The maximum absolute atomic E-state index is 16.1. The number of fused-ring (bicyclic) bond motifs is 2. The highest BCUT2D eigenvalue weighted by Crippen LogP contribution is 2.38. The molecule has 2 saturated heterocycles. The molecular formula is C39H40FN9O4. The molecule has 1 saturated carbocycles. The number of para-hydroxylation sites is 1. The molecule has 3 atom stereocenters. The number of anilines is 1. The summed E-state index contributed by atoms with van der Waals surface area (Å²) in [5.41, 5.74) is 3.49. The normalized spacial score (nSPS) is 23.9. The van der Waals surface area contributed by atoms with Crippen molar-refractivity contribution in [3.63, 3.8) is 0 Å². The number of piperidine rings is 2. The number of carbonyl (C=O) groups excluding carboxylic acids is 3. The van der Waals surface area contributed by atoms with Crippen LogP contribution in [0.4, 0.5) is 10.1 Å². The van der Waals surface area contributed by atoms with Gasteiger partial charge in [-0.05, 0) is 92.9 Å². The Labute approximate surface area is 304 Å². The molecule has 3 fully saturated rings. The van der Waals surface area contributed by atoms with Crippen LogP contribution in [0.5, 0.6) is 0 Å². The second-order valence-electron chi connectivity index (χ2n) is 14.6. The topological polar surface area (TPSA) is 160 Å². The number of nitriles is 1. The first kappa shape index (κ1) is 34.4. The third-order valence-corrected chi connectivity index (χ3v) is 11.3. The molecule has 1 unspecified atom stereocenters. The van der Waals surface area contributed by atoms with Gasteiger partial charge in [0.1, 0.15) is 29.7 Å². The standard InChI is InChI=1S/C39H40FN9O4/c1-46-36-29(5-3-7-33(36)49(39(46)53)34-14-15-35(50)44-38(34)52)28-16-17-47(22-30(28)40)20-23-8-11-27(12-9-23)48-21-24-18-25(10-13-31(24)45-48)43-37(51)32-6-2-4-26(19-41)42-32/h2-7,10,13,18,21,23,27-28,30,34H,8-9,11-12,14-17,20,22H2,1H3,(H,43,51)(H,44,50,52)/t23?,27?,28-,30-,34?/m0/s1. The molecule has 5 heterocycles. The van der Waals surface area contributed by atoms with E-state index in [0.717, 1.165) is 55.2 Å². The average Bonchev–Trinajstić information content (AvgIpc) is 3.70. The molecule has 3 aliphatic rings. The summed E-state index contributed by atoms with van der Waals surface area (Å²) in [7, 11) is 1.66. The minimum atomic E-state index is -1.11. The van der Waals surface area contributed by atoms with Crippen molar-refractivity contribution in [3.8, 4) is 6.07 Å². The lowest BCUT2D eigenvalue weighted by Gasteiger charge is -2.38. The molecule has 0 radical (unpaired) electrons. The van der Waals surface area contributed by atoms with E-state index in [4.69, 9.17) is 10.4 Å². The highest BCUT2D eigenvalue weighted by atomic mass is 19.1. The van der Waals surface area contributed by atoms with Gasteiger partial charge in [0.05, 0.1) is 22.6 Å². The van der Waals surface area contributed by atoms with Crippen molar-refractivity contribution < 1.29 is 18.8 Å². The molecule has 5 aromatic rings. The number of nitrogens with zero attached hydrogens (tertiary/aromatic N) is 7. The molecule has 0 bridgehead atoms. The van der Waals surface area contributed by atoms with Gasteiger partial charge in [0.15, 0.2) is 0 Å². The summed E-state index contributed by atoms with van der Waals surface area (Å²) < 4.78 is 21.1. The van der Waals surface area contributed by atoms with E-state index in [0.29, 0.717) is 35.6 Å². The van der Waals surface area contributed by atoms with Crippen molar-refractivity contribution in [1.29, 1.82) is 5.26 Å². The molecule has 3 amide bonds. The predicted molar refractivity (Wildman–Crippen MR) is 195 cm³/mol. The summed E-state index contributed by atoms with van der Waals surface area (Å²) in [6.45, 7) is 1.92. The number of imidazole rings is 1. The molecule has 13 nitrogen and oxygen atoms in total. The SMILES string of the molecule is Cn1c(=O)n(C2CCC(=O)NC2=O)c2cccc([C@@H]3CCN(CC4CCC(n5cc6cc(NC(=O)c7cccc(C#N)n7)ccc6n5)CC4)C[C@@H]3F)c21. The van der Waals surface area contributed by atoms with E-state index in [1.165, 1.54) is 9.13 Å². The lowest BCUT2D eigenvalue weighted by Crippen LogP contribution is -2.44. The van der Waals surface area contributed by atoms with E-state index in [2.05, 4.69) is 20.5 Å². The van der Waals surface area contributed by atoms with E-state index in [-0.39, 0.29) is 53.7 Å². The van der Waals surface area contributed by atoms with Crippen molar-refractivity contribution in [1.82, 2.24) is 34.1 Å². The fraction of sp³-hybridized carbons (Fsp3) is 0.410. The van der Waals surface area contributed by atoms with Crippen molar-refractivity contribution in [2.45, 2.75) is 69.1 Å². The van der Waals surface area contributed by atoms with Crippen LogP contribution in [0.15, 0.2) is 65.6 Å². The first-order chi connectivity index (χ1) is 25.7. The number of nitrogens with one attached hydrogen (secondary N) is 2. The van der Waals surface area contributed by atoms with Gasteiger partial charge in [-0.3, -0.25) is 33.5 Å². The van der Waals surface area contributed by atoms with Crippen LogP contribution >= 0.6 is 0 Å². The minimum Gasteiger partial charge on any atom is -0.321 e. The number of aromatic nitrogens is 5. The van der Waals surface area contributed by atoms with Crippen LogP contribution in [-0.4, -0.2) is 72.3 Å². The number of amides is 3. The average molecular weight is 718 g/mol. The van der Waals surface area contributed by atoms with Crippen LogP contribution < -0.4 is 16.3 Å². The van der Waals surface area contributed by atoms with Gasteiger partial charge < -0.3 is 10.2 Å². The summed E-state index contributed by atoms with van der Waals surface area (Å²) in [5, 5.41) is 20.1. The summed E-state index contributed by atoms with van der Waals surface area (Å²) in [5.74, 6) is -1.13. The number of hydrogen-bond donors (Lipinski definition) is 2. The Bertz CT molecular complexity index is 2350. The Morgan fingerprint density at radius 1 is 1.04 bits per heavy atom. The molecule has 14 heteroatoms. The number of rotatable bonds is 7. The molecule has 3 aromatic heterocycles. The third kappa shape index (κ3) is 6.61. The van der Waals surface area contributed by atoms with Gasteiger partial charge >= 0.3 is 5.69 Å². The van der Waals surface area contributed by atoms with Crippen molar-refractivity contribution in [2.75, 3.05) is 25.0 Å². The zero-order valence-corrected chi connectivity index (χ0v) is 29.4. The lowest BCUT2D eigenvalue weighted by molar-refractivity contribution is -0.135. The highest BCUT2D eigenvalue weighted by Gasteiger charge is 2.36. The number of halogens is 1. The van der Waals surface area contributed by atoms with E-state index >= 15 is 4.39 Å². The number of aryl methyl sites for hydroxylation is 1. The Kier molecular flexibility index (Phi) is 9.11. The van der Waals surface area contributed by atoms with Crippen molar-refractivity contribution in [2.24, 2.45) is 13.0 Å². The van der Waals surface area contributed by atoms with Gasteiger partial charge in [-0.1, -0.05) is 18.2 Å². The van der Waals surface area contributed by atoms with Gasteiger partial charge in [0.2, 0.25) is 11.8 Å². The molecule has 2 aromatic carbocycles. The number of hydrogen-bond acceptors (Lipinski definition) is 8. The Morgan fingerprint density at radius 2 is 1.85 bits per heavy atom. The summed E-state index contributed by atoms with van der Waals surface area (Å²) >= 11 is 0. The molecule has 2 aliphatic heterocycles. The third-order valence-electron chi connectivity index (χ3n) is 11.3. The molecular weight excluding hydrogens is 677 g/mol. The second kappa shape index (κ2) is 14.0. The van der Waals surface area contributed by atoms with Gasteiger partial charge in [-0.25, -0.2) is 14.2 Å². The molecule has 53 heavy (non-hydrogen) atoms. The van der Waals surface area contributed by atoms with E-state index < -0.39 is 18.1 Å². The van der Waals surface area contributed by atoms with Crippen LogP contribution in [0.2, 0.25) is 0 Å². The molecule has 0 spiro atoms. The van der Waals surface area contributed by atoms with Crippen LogP contribution in [0.25, 0.3) is 21.9 Å². The van der Waals surface area contributed by atoms with E-state index in [1.807, 2.05) is 47.3 Å². The first-order valence-electron chi connectivity index (χ1n) is 18.2. The van der Waals surface area contributed by atoms with Gasteiger partial charge in [-0.15, -0.1) is 0 Å². The number of pyridine rings is 1. The predicted octanol–water partition coefficient (Wildman–Crippen LogP) is 4.75. The molecule has 8 rings (SSSR count). The number of carbonyl (C=O) groups is 3. The van der Waals surface area contributed by atoms with Crippen LogP contribution in [0.3, 0.4) is 0 Å². The Morgan fingerprint density at radius 3 is 2.62 bits per heavy atom. The van der Waals surface area contributed by atoms with Gasteiger partial charge in [-0.2, -0.15) is 10.4 Å². The van der Waals surface area contributed by atoms with Crippen LogP contribution in [0.1, 0.15) is 84.7 Å². The maximum atomic E-state index is 16.1. The number of alkyl halides is 1. The molecule has 2 N–H and O–H groups in total. The quantitative estimate of drug-likeness (QED) is 0.228. The number of likely N-dealkylation sites (tertiary alicyclic amines) is 1. The Hall–Kier alpha value is -5.68. The summed E-state index contributed by atoms with van der Waals surface area (Å²) in [4.78, 5) is 56.9. The summed E-state index contributed by atoms with van der Waals surface area (Å²) in [6.07, 6.45) is 5.93. The van der Waals surface area contributed by atoms with Gasteiger partial charge in [0.25, 0.3) is 5.91 Å². The first-order valence-corrected chi connectivity index (χ1v) is 18.2. The smallest absolute Gasteiger partial charge is 0.321 e. The Balaban J connectivity index is 0.878. The van der Waals surface area contributed by atoms with Crippen LogP contribution in [-0.2, 0) is 16.6 Å². The molecule has 272 valence electrons. The zero-order chi connectivity index (χ0) is 36.8. The maximum Gasteiger partial charge on any atom is 0.329 e. The summed E-state index contributed by atoms with van der Waals surface area (Å²) in [6, 6.07) is 17.3. The highest BCUT2D eigenvalue weighted by molar-refractivity contribution is 6.04. The zero-order valence-electron chi connectivity index (χ0n) is 29.4. The van der Waals surface area contributed by atoms with Crippen molar-refractivity contribution in [3.05, 3.63) is 88.2 Å². The van der Waals surface area contributed by atoms with Crippen LogP contribution in [0, 0.1) is 17.2 Å². The fourth-order valence-electron chi connectivity index (χ4n) is 8.57. The van der Waals surface area contributed by atoms with E-state index in [1.54, 1.807) is 31.3 Å². The molecule has 1 aliphatic carbocycles. The van der Waals surface area contributed by atoms with Gasteiger partial charge in [0, 0.05) is 49.7 Å². The lowest BCUT2D eigenvalue weighted by atomic mass is 9.83. The second-order valence-corrected chi connectivity index (χ2v) is 14.6. The minimum absolute atomic E-state index is 0.163. The largest absolute Gasteiger partial charge is 0.329 e. The monoisotopic (exact) mass is 717 g/mol. The van der Waals surface area contributed by atoms with Crippen molar-refractivity contribution >= 4 is 45.3 Å². The fourth-order valence-corrected chi connectivity index (χ4v) is 8.57. The number of imide groups is 1. The number of benzene rings is 2. The van der Waals surface area contributed by atoms with E-state index in [9.17, 15) is 19.2 Å².